The molecular weight excluding hydrogens is 362 g/mol. The third-order valence-corrected chi connectivity index (χ3v) is 4.33. The van der Waals surface area contributed by atoms with Crippen LogP contribution in [0.25, 0.3) is 0 Å². The number of benzene rings is 1. The lowest BCUT2D eigenvalue weighted by molar-refractivity contribution is -0.143. The van der Waals surface area contributed by atoms with E-state index in [1.165, 1.54) is 4.90 Å². The molecule has 1 fully saturated rings. The van der Waals surface area contributed by atoms with Gasteiger partial charge in [-0.2, -0.15) is 0 Å². The molecule has 0 aromatic heterocycles. The van der Waals surface area contributed by atoms with Crippen molar-refractivity contribution < 1.29 is 33.0 Å². The fraction of sp³-hybridized carbons (Fsp3) is 0.500. The van der Waals surface area contributed by atoms with Gasteiger partial charge in [0.15, 0.2) is 11.6 Å². The molecule has 148 valence electrons. The zero-order valence-corrected chi connectivity index (χ0v) is 15.3. The maximum Gasteiger partial charge on any atom is 0.340 e. The summed E-state index contributed by atoms with van der Waals surface area (Å²) in [5.74, 6) is -5.56. The van der Waals surface area contributed by atoms with Gasteiger partial charge in [-0.05, 0) is 24.3 Å². The number of hydrogen-bond donors (Lipinski definition) is 2. The van der Waals surface area contributed by atoms with Crippen LogP contribution in [-0.2, 0) is 14.3 Å². The van der Waals surface area contributed by atoms with Crippen molar-refractivity contribution in [3.05, 3.63) is 29.3 Å². The standard InChI is InChI=1S/C18H22F2N2O5/c1-18(2)8-10(23)4-5-22(9-18)16(25)15(24)21-14-7-13(20)12(19)6-11(14)17(26)27-3/h6-7,10,23H,4-5,8-9H2,1-3H3,(H,21,24). The first-order valence-electron chi connectivity index (χ1n) is 8.40. The summed E-state index contributed by atoms with van der Waals surface area (Å²) >= 11 is 0. The Morgan fingerprint density at radius 3 is 2.52 bits per heavy atom. The van der Waals surface area contributed by atoms with Gasteiger partial charge in [-0.25, -0.2) is 13.6 Å². The SMILES string of the molecule is COC(=O)c1cc(F)c(F)cc1NC(=O)C(=O)N1CCC(O)CC(C)(C)C1. The minimum absolute atomic E-state index is 0.179. The molecule has 2 rings (SSSR count). The molecule has 1 unspecified atom stereocenters. The number of esters is 1. The van der Waals surface area contributed by atoms with Crippen molar-refractivity contribution in [1.29, 1.82) is 0 Å². The number of halogens is 2. The summed E-state index contributed by atoms with van der Waals surface area (Å²) in [6.45, 7) is 4.16. The number of methoxy groups -OCH3 is 1. The molecule has 9 heteroatoms. The molecule has 0 radical (unpaired) electrons. The van der Waals surface area contributed by atoms with Crippen LogP contribution in [0.15, 0.2) is 12.1 Å². The van der Waals surface area contributed by atoms with Crippen molar-refractivity contribution in [3.8, 4) is 0 Å². The zero-order valence-electron chi connectivity index (χ0n) is 15.3. The molecule has 7 nitrogen and oxygen atoms in total. The first kappa shape index (κ1) is 20.8. The lowest BCUT2D eigenvalue weighted by atomic mass is 9.87. The van der Waals surface area contributed by atoms with Crippen molar-refractivity contribution in [1.82, 2.24) is 4.90 Å². The number of nitrogens with one attached hydrogen (secondary N) is 1. The Morgan fingerprint density at radius 2 is 1.89 bits per heavy atom. The van der Waals surface area contributed by atoms with E-state index in [-0.39, 0.29) is 18.8 Å². The van der Waals surface area contributed by atoms with Crippen molar-refractivity contribution in [2.24, 2.45) is 5.41 Å². The summed E-state index contributed by atoms with van der Waals surface area (Å²) in [5, 5.41) is 12.1. The highest BCUT2D eigenvalue weighted by molar-refractivity contribution is 6.39. The number of likely N-dealkylation sites (tertiary alicyclic amines) is 1. The highest BCUT2D eigenvalue weighted by Crippen LogP contribution is 2.28. The van der Waals surface area contributed by atoms with Gasteiger partial charge in [0.05, 0.1) is 24.5 Å². The summed E-state index contributed by atoms with van der Waals surface area (Å²) in [6.07, 6.45) is 0.215. The van der Waals surface area contributed by atoms with E-state index in [1.807, 2.05) is 13.8 Å². The van der Waals surface area contributed by atoms with Gasteiger partial charge < -0.3 is 20.1 Å². The Labute approximate surface area is 155 Å². The Balaban J connectivity index is 2.22. The summed E-state index contributed by atoms with van der Waals surface area (Å²) in [4.78, 5) is 37.9. The van der Waals surface area contributed by atoms with E-state index in [9.17, 15) is 28.3 Å². The summed E-state index contributed by atoms with van der Waals surface area (Å²) in [7, 11) is 1.05. The van der Waals surface area contributed by atoms with Crippen molar-refractivity contribution in [2.75, 3.05) is 25.5 Å². The summed E-state index contributed by atoms with van der Waals surface area (Å²) in [6, 6.07) is 1.20. The maximum atomic E-state index is 13.5. The summed E-state index contributed by atoms with van der Waals surface area (Å²) < 4.78 is 31.4. The maximum absolute atomic E-state index is 13.5. The largest absolute Gasteiger partial charge is 0.465 e. The normalized spacial score (nSPS) is 19.2. The lowest BCUT2D eigenvalue weighted by Crippen LogP contribution is -2.43. The second-order valence-corrected chi connectivity index (χ2v) is 7.30. The summed E-state index contributed by atoms with van der Waals surface area (Å²) in [5.41, 5.74) is -1.18. The van der Waals surface area contributed by atoms with E-state index in [0.29, 0.717) is 25.0 Å². The van der Waals surface area contributed by atoms with Crippen LogP contribution in [0.2, 0.25) is 0 Å². The predicted molar refractivity (Wildman–Crippen MR) is 91.9 cm³/mol. The van der Waals surface area contributed by atoms with Crippen LogP contribution in [-0.4, -0.2) is 54.1 Å². The van der Waals surface area contributed by atoms with E-state index in [4.69, 9.17) is 0 Å². The second kappa shape index (κ2) is 7.99. The fourth-order valence-corrected chi connectivity index (χ4v) is 3.13. The Kier molecular flexibility index (Phi) is 6.15. The molecule has 0 spiro atoms. The van der Waals surface area contributed by atoms with Crippen molar-refractivity contribution in [2.45, 2.75) is 32.8 Å². The van der Waals surface area contributed by atoms with E-state index in [0.717, 1.165) is 7.11 Å². The highest BCUT2D eigenvalue weighted by atomic mass is 19.2. The molecule has 2 amide bonds. The molecule has 0 bridgehead atoms. The number of aliphatic hydroxyl groups excluding tert-OH is 1. The number of aliphatic hydroxyl groups is 1. The molecule has 27 heavy (non-hydrogen) atoms. The van der Waals surface area contributed by atoms with Gasteiger partial charge in [-0.3, -0.25) is 9.59 Å². The van der Waals surface area contributed by atoms with E-state index in [2.05, 4.69) is 10.1 Å². The molecule has 0 saturated carbocycles. The first-order chi connectivity index (χ1) is 12.5. The van der Waals surface area contributed by atoms with E-state index >= 15 is 0 Å². The van der Waals surface area contributed by atoms with Crippen molar-refractivity contribution in [3.63, 3.8) is 0 Å². The second-order valence-electron chi connectivity index (χ2n) is 7.30. The van der Waals surface area contributed by atoms with Gasteiger partial charge in [0.1, 0.15) is 0 Å². The molecule has 1 aromatic rings. The number of anilines is 1. The van der Waals surface area contributed by atoms with Crippen LogP contribution in [0.4, 0.5) is 14.5 Å². The number of amides is 2. The molecule has 1 saturated heterocycles. The van der Waals surface area contributed by atoms with Gasteiger partial charge in [0, 0.05) is 19.2 Å². The Hall–Kier alpha value is -2.55. The van der Waals surface area contributed by atoms with E-state index < -0.39 is 46.5 Å². The van der Waals surface area contributed by atoms with Gasteiger partial charge in [0.25, 0.3) is 0 Å². The molecular formula is C18H22F2N2O5. The minimum atomic E-state index is -1.29. The molecule has 1 atom stereocenters. The van der Waals surface area contributed by atoms with Crippen LogP contribution in [0.5, 0.6) is 0 Å². The van der Waals surface area contributed by atoms with Crippen LogP contribution < -0.4 is 5.32 Å². The first-order valence-corrected chi connectivity index (χ1v) is 8.40. The Morgan fingerprint density at radius 1 is 1.26 bits per heavy atom. The van der Waals surface area contributed by atoms with E-state index in [1.54, 1.807) is 0 Å². The number of carbonyl (C=O) groups excluding carboxylic acids is 3. The Bertz CT molecular complexity index is 766. The third kappa shape index (κ3) is 5.00. The number of carbonyl (C=O) groups is 3. The number of rotatable bonds is 2. The average Bonchev–Trinajstić information content (AvgIpc) is 2.73. The predicted octanol–water partition coefficient (Wildman–Crippen LogP) is 1.70. The zero-order chi connectivity index (χ0) is 20.4. The minimum Gasteiger partial charge on any atom is -0.465 e. The van der Waals surface area contributed by atoms with Crippen LogP contribution in [0.3, 0.4) is 0 Å². The average molecular weight is 384 g/mol. The van der Waals surface area contributed by atoms with Gasteiger partial charge in [-0.15, -0.1) is 0 Å². The molecule has 2 N–H and O–H groups in total. The van der Waals surface area contributed by atoms with Gasteiger partial charge in [0.2, 0.25) is 0 Å². The molecule has 0 aliphatic carbocycles. The van der Waals surface area contributed by atoms with Crippen LogP contribution in [0.1, 0.15) is 37.0 Å². The van der Waals surface area contributed by atoms with Crippen LogP contribution in [0, 0.1) is 17.0 Å². The highest BCUT2D eigenvalue weighted by Gasteiger charge is 2.34. The van der Waals surface area contributed by atoms with Crippen LogP contribution >= 0.6 is 0 Å². The molecule has 1 aliphatic rings. The topological polar surface area (TPSA) is 95.9 Å². The fourth-order valence-electron chi connectivity index (χ4n) is 3.13. The quantitative estimate of drug-likeness (QED) is 0.598. The van der Waals surface area contributed by atoms with Gasteiger partial charge in [-0.1, -0.05) is 13.8 Å². The third-order valence-electron chi connectivity index (χ3n) is 4.33. The number of nitrogens with zero attached hydrogens (tertiary/aromatic N) is 1. The van der Waals surface area contributed by atoms with Gasteiger partial charge >= 0.3 is 17.8 Å². The molecule has 1 aromatic carbocycles. The monoisotopic (exact) mass is 384 g/mol. The lowest BCUT2D eigenvalue weighted by Gasteiger charge is -2.29. The molecule has 1 heterocycles. The number of ether oxygens (including phenoxy) is 1. The smallest absolute Gasteiger partial charge is 0.340 e. The van der Waals surface area contributed by atoms with Crippen molar-refractivity contribution >= 4 is 23.5 Å². The molecule has 1 aliphatic heterocycles. The number of hydrogen-bond acceptors (Lipinski definition) is 5.